The molecule has 5 aromatic rings. The molecule has 0 saturated carbocycles. The maximum absolute atomic E-state index is 13.0. The van der Waals surface area contributed by atoms with E-state index < -0.39 is 0 Å². The Morgan fingerprint density at radius 1 is 0.966 bits per heavy atom. The fourth-order valence-corrected chi connectivity index (χ4v) is 3.65. The number of pyridine rings is 2. The van der Waals surface area contributed by atoms with Gasteiger partial charge in [0.2, 0.25) is 5.88 Å². The molecule has 0 bridgehead atoms. The third kappa shape index (κ3) is 2.53. The van der Waals surface area contributed by atoms with Crippen molar-refractivity contribution >= 4 is 21.9 Å². The Kier molecular flexibility index (Phi) is 3.73. The minimum absolute atomic E-state index is 0.144. The average Bonchev–Trinajstić information content (AvgIpc) is 3.28. The van der Waals surface area contributed by atoms with Crippen molar-refractivity contribution in [3.63, 3.8) is 0 Å². The smallest absolute Gasteiger partial charge is 0.334 e. The summed E-state index contributed by atoms with van der Waals surface area (Å²) in [4.78, 5) is 21.9. The van der Waals surface area contributed by atoms with Crippen molar-refractivity contribution in [2.24, 2.45) is 14.1 Å². The van der Waals surface area contributed by atoms with E-state index >= 15 is 0 Å². The van der Waals surface area contributed by atoms with Gasteiger partial charge in [-0.1, -0.05) is 6.07 Å². The molecule has 0 atom stereocenters. The zero-order valence-electron chi connectivity index (χ0n) is 16.2. The number of nitrogens with zero attached hydrogens (tertiary/aromatic N) is 6. The Bertz CT molecular complexity index is 1430. The van der Waals surface area contributed by atoms with Crippen molar-refractivity contribution < 1.29 is 4.74 Å². The molecule has 0 unspecified atom stereocenters. The molecule has 0 fully saturated rings. The first-order chi connectivity index (χ1) is 14.1. The molecule has 144 valence electrons. The van der Waals surface area contributed by atoms with E-state index in [0.717, 1.165) is 33.1 Å². The monoisotopic (exact) mass is 386 g/mol. The third-order valence-electron chi connectivity index (χ3n) is 5.19. The molecule has 8 heteroatoms. The van der Waals surface area contributed by atoms with Crippen molar-refractivity contribution in [1.82, 2.24) is 28.9 Å². The lowest BCUT2D eigenvalue weighted by Gasteiger charge is -2.08. The quantitative estimate of drug-likeness (QED) is 0.476. The summed E-state index contributed by atoms with van der Waals surface area (Å²) in [5, 5.41) is 5.11. The van der Waals surface area contributed by atoms with E-state index in [-0.39, 0.29) is 5.69 Å². The van der Waals surface area contributed by atoms with E-state index in [0.29, 0.717) is 11.7 Å². The molecule has 1 aromatic carbocycles. The van der Waals surface area contributed by atoms with E-state index in [1.807, 2.05) is 43.4 Å². The summed E-state index contributed by atoms with van der Waals surface area (Å²) in [6.07, 6.45) is 5.19. The molecule has 8 nitrogen and oxygen atoms in total. The topological polar surface area (TPSA) is 79.8 Å². The predicted molar refractivity (Wildman–Crippen MR) is 110 cm³/mol. The summed E-state index contributed by atoms with van der Waals surface area (Å²) < 4.78 is 10.1. The van der Waals surface area contributed by atoms with Crippen molar-refractivity contribution in [3.05, 3.63) is 65.5 Å². The van der Waals surface area contributed by atoms with Gasteiger partial charge in [0, 0.05) is 43.4 Å². The van der Waals surface area contributed by atoms with Gasteiger partial charge >= 0.3 is 5.69 Å². The highest BCUT2D eigenvalue weighted by atomic mass is 16.5. The van der Waals surface area contributed by atoms with Crippen molar-refractivity contribution in [2.75, 3.05) is 7.11 Å². The second-order valence-corrected chi connectivity index (χ2v) is 6.80. The molecule has 0 amide bonds. The molecule has 0 aliphatic rings. The minimum Gasteiger partial charge on any atom is -0.481 e. The van der Waals surface area contributed by atoms with Crippen LogP contribution in [-0.4, -0.2) is 36.0 Å². The summed E-state index contributed by atoms with van der Waals surface area (Å²) in [5.74, 6) is 1.26. The zero-order valence-corrected chi connectivity index (χ0v) is 16.2. The SMILES string of the molecule is COc1ccc(-c2ccc3ncc4c(c3c2)n(-c2ccnn2C)c(=O)n4C)cn1. The highest BCUT2D eigenvalue weighted by molar-refractivity contribution is 6.04. The van der Waals surface area contributed by atoms with Gasteiger partial charge in [0.1, 0.15) is 5.82 Å². The number of benzene rings is 1. The van der Waals surface area contributed by atoms with Gasteiger partial charge < -0.3 is 4.74 Å². The highest BCUT2D eigenvalue weighted by Gasteiger charge is 2.18. The highest BCUT2D eigenvalue weighted by Crippen LogP contribution is 2.29. The van der Waals surface area contributed by atoms with Crippen LogP contribution in [0.2, 0.25) is 0 Å². The Labute approximate surface area is 165 Å². The van der Waals surface area contributed by atoms with Crippen LogP contribution in [0.1, 0.15) is 0 Å². The van der Waals surface area contributed by atoms with Gasteiger partial charge in [0.15, 0.2) is 0 Å². The summed E-state index contributed by atoms with van der Waals surface area (Å²) >= 11 is 0. The van der Waals surface area contributed by atoms with Crippen molar-refractivity contribution in [1.29, 1.82) is 0 Å². The lowest BCUT2D eigenvalue weighted by atomic mass is 10.0. The summed E-state index contributed by atoms with van der Waals surface area (Å²) in [5.41, 5.74) is 4.16. The molecule has 0 spiro atoms. The van der Waals surface area contributed by atoms with Gasteiger partial charge in [-0.05, 0) is 23.8 Å². The van der Waals surface area contributed by atoms with Gasteiger partial charge in [-0.15, -0.1) is 0 Å². The minimum atomic E-state index is -0.144. The first-order valence-corrected chi connectivity index (χ1v) is 9.07. The average molecular weight is 386 g/mol. The molecule has 0 saturated heterocycles. The van der Waals surface area contributed by atoms with Crippen LogP contribution in [0.3, 0.4) is 0 Å². The third-order valence-corrected chi connectivity index (χ3v) is 5.19. The van der Waals surface area contributed by atoms with Crippen LogP contribution < -0.4 is 10.4 Å². The van der Waals surface area contributed by atoms with Crippen LogP contribution >= 0.6 is 0 Å². The van der Waals surface area contributed by atoms with Crippen LogP contribution in [0.4, 0.5) is 0 Å². The second kappa shape index (κ2) is 6.30. The van der Waals surface area contributed by atoms with Crippen LogP contribution in [0, 0.1) is 0 Å². The molecule has 4 aromatic heterocycles. The van der Waals surface area contributed by atoms with E-state index in [4.69, 9.17) is 4.74 Å². The summed E-state index contributed by atoms with van der Waals surface area (Å²) in [7, 11) is 5.16. The fourth-order valence-electron chi connectivity index (χ4n) is 3.65. The predicted octanol–water partition coefficient (Wildman–Crippen LogP) is 2.68. The summed E-state index contributed by atoms with van der Waals surface area (Å²) in [6.45, 7) is 0. The number of rotatable bonds is 3. The van der Waals surface area contributed by atoms with E-state index in [2.05, 4.69) is 15.1 Å². The van der Waals surface area contributed by atoms with E-state index in [1.165, 1.54) is 0 Å². The Morgan fingerprint density at radius 3 is 2.48 bits per heavy atom. The van der Waals surface area contributed by atoms with Crippen molar-refractivity contribution in [2.45, 2.75) is 0 Å². The Balaban J connectivity index is 1.84. The molecule has 0 radical (unpaired) electrons. The number of aromatic nitrogens is 6. The lowest BCUT2D eigenvalue weighted by molar-refractivity contribution is 0.398. The largest absolute Gasteiger partial charge is 0.481 e. The zero-order chi connectivity index (χ0) is 20.1. The molecule has 4 heterocycles. The van der Waals surface area contributed by atoms with Crippen molar-refractivity contribution in [3.8, 4) is 22.8 Å². The molecule has 29 heavy (non-hydrogen) atoms. The molecule has 0 aliphatic heterocycles. The van der Waals surface area contributed by atoms with Crippen LogP contribution in [0.15, 0.2) is 59.8 Å². The van der Waals surface area contributed by atoms with Crippen LogP contribution in [-0.2, 0) is 14.1 Å². The summed E-state index contributed by atoms with van der Waals surface area (Å²) in [6, 6.07) is 11.6. The maximum atomic E-state index is 13.0. The van der Waals surface area contributed by atoms with E-state index in [9.17, 15) is 4.79 Å². The first-order valence-electron chi connectivity index (χ1n) is 9.07. The van der Waals surface area contributed by atoms with Gasteiger partial charge in [-0.25, -0.2) is 14.3 Å². The molecular weight excluding hydrogens is 368 g/mol. The number of hydrogen-bond donors (Lipinski definition) is 0. The number of ether oxygens (including phenoxy) is 1. The normalized spacial score (nSPS) is 11.4. The molecule has 0 N–H and O–H groups in total. The van der Waals surface area contributed by atoms with Gasteiger partial charge in [0.25, 0.3) is 0 Å². The van der Waals surface area contributed by atoms with Gasteiger partial charge in [-0.2, -0.15) is 5.10 Å². The Hall–Kier alpha value is -3.94. The Morgan fingerprint density at radius 2 is 1.79 bits per heavy atom. The van der Waals surface area contributed by atoms with Gasteiger partial charge in [-0.3, -0.25) is 14.2 Å². The molecular formula is C21H18N6O2. The first kappa shape index (κ1) is 17.2. The second-order valence-electron chi connectivity index (χ2n) is 6.80. The number of imidazole rings is 1. The van der Waals surface area contributed by atoms with E-state index in [1.54, 1.807) is 46.6 Å². The molecule has 5 rings (SSSR count). The number of fused-ring (bicyclic) bond motifs is 3. The fraction of sp³-hybridized carbons (Fsp3) is 0.143. The van der Waals surface area contributed by atoms with Gasteiger partial charge in [0.05, 0.1) is 36.1 Å². The lowest BCUT2D eigenvalue weighted by Crippen LogP contribution is -2.22. The maximum Gasteiger partial charge on any atom is 0.334 e. The molecule has 0 aliphatic carbocycles. The number of methoxy groups -OCH3 is 1. The number of aryl methyl sites for hydroxylation is 2. The van der Waals surface area contributed by atoms with Crippen LogP contribution in [0.5, 0.6) is 5.88 Å². The standard InChI is InChI=1S/C21H18N6O2/c1-25-17-12-22-16-6-4-13(14-5-7-18(29-3)23-11-14)10-15(16)20(17)27(21(25)28)19-8-9-24-26(19)2/h4-12H,1-3H3. The number of hydrogen-bond acceptors (Lipinski definition) is 5. The van der Waals surface area contributed by atoms with Crippen LogP contribution in [0.25, 0.3) is 38.9 Å².